The van der Waals surface area contributed by atoms with Crippen LogP contribution in [0.25, 0.3) is 0 Å². The number of hydrogen-bond donors (Lipinski definition) is 2. The second-order valence-corrected chi connectivity index (χ2v) is 8.67. The highest BCUT2D eigenvalue weighted by atomic mass is 35.5. The second kappa shape index (κ2) is 6.46. The molecule has 0 bridgehead atoms. The van der Waals surface area contributed by atoms with Gasteiger partial charge in [-0.05, 0) is 31.4 Å². The van der Waals surface area contributed by atoms with Crippen LogP contribution >= 0.6 is 11.6 Å². The summed E-state index contributed by atoms with van der Waals surface area (Å²) in [4.78, 5) is 11.9. The van der Waals surface area contributed by atoms with Crippen LogP contribution in [0.15, 0.2) is 24.3 Å². The number of amides is 2. The maximum atomic E-state index is 11.9. The van der Waals surface area contributed by atoms with Gasteiger partial charge in [-0.2, -0.15) is 0 Å². The average molecular weight is 345 g/mol. The molecule has 0 heterocycles. The molecule has 1 aromatic rings. The maximum Gasteiger partial charge on any atom is 0.315 e. The molecule has 1 atom stereocenters. The minimum atomic E-state index is -3.11. The van der Waals surface area contributed by atoms with Crippen LogP contribution in [-0.4, -0.2) is 39.0 Å². The van der Waals surface area contributed by atoms with Crippen molar-refractivity contribution >= 4 is 27.5 Å². The minimum Gasteiger partial charge on any atom is -0.337 e. The topological polar surface area (TPSA) is 75.3 Å². The molecule has 1 saturated carbocycles. The van der Waals surface area contributed by atoms with E-state index in [4.69, 9.17) is 11.6 Å². The van der Waals surface area contributed by atoms with Crippen molar-refractivity contribution in [3.05, 3.63) is 34.9 Å². The number of urea groups is 1. The molecule has 7 heteroatoms. The van der Waals surface area contributed by atoms with Crippen LogP contribution in [0.5, 0.6) is 0 Å². The molecule has 0 unspecified atom stereocenters. The molecule has 122 valence electrons. The smallest absolute Gasteiger partial charge is 0.315 e. The Bertz CT molecular complexity index is 657. The predicted molar refractivity (Wildman–Crippen MR) is 88.1 cm³/mol. The fourth-order valence-corrected chi connectivity index (χ4v) is 3.93. The molecule has 0 spiro atoms. The van der Waals surface area contributed by atoms with E-state index in [1.165, 1.54) is 0 Å². The van der Waals surface area contributed by atoms with Crippen LogP contribution in [0.4, 0.5) is 4.79 Å². The lowest BCUT2D eigenvalue weighted by Crippen LogP contribution is -2.45. The monoisotopic (exact) mass is 344 g/mol. The summed E-state index contributed by atoms with van der Waals surface area (Å²) in [5.41, 5.74) is 0.969. The van der Waals surface area contributed by atoms with E-state index < -0.39 is 15.9 Å². The Morgan fingerprint density at radius 2 is 2.00 bits per heavy atom. The molecule has 2 N–H and O–H groups in total. The molecule has 5 nitrogen and oxygen atoms in total. The number of carbonyl (C=O) groups is 1. The first-order chi connectivity index (χ1) is 10.2. The highest BCUT2D eigenvalue weighted by Gasteiger charge is 2.45. The predicted octanol–water partition coefficient (Wildman–Crippen LogP) is 2.10. The number of carbonyl (C=O) groups excluding carboxylic acids is 1. The summed E-state index contributed by atoms with van der Waals surface area (Å²) in [6.07, 6.45) is 3.12. The Hall–Kier alpha value is -1.27. The Morgan fingerprint density at radius 1 is 1.36 bits per heavy atom. The van der Waals surface area contributed by atoms with Gasteiger partial charge in [-0.3, -0.25) is 0 Å². The van der Waals surface area contributed by atoms with Gasteiger partial charge in [0, 0.05) is 29.3 Å². The fourth-order valence-electron chi connectivity index (χ4n) is 2.60. The van der Waals surface area contributed by atoms with Crippen LogP contribution in [0, 0.1) is 0 Å². The molecule has 1 aliphatic carbocycles. The number of hydrogen-bond acceptors (Lipinski definition) is 3. The lowest BCUT2D eigenvalue weighted by molar-refractivity contribution is 0.237. The lowest BCUT2D eigenvalue weighted by Gasteiger charge is -2.19. The van der Waals surface area contributed by atoms with Crippen molar-refractivity contribution in [1.82, 2.24) is 10.6 Å². The van der Waals surface area contributed by atoms with Gasteiger partial charge in [0.05, 0.1) is 5.75 Å². The van der Waals surface area contributed by atoms with Crippen molar-refractivity contribution in [3.8, 4) is 0 Å². The summed E-state index contributed by atoms with van der Waals surface area (Å²) in [5.74, 6) is -0.0733. The molecule has 1 aliphatic rings. The zero-order chi connectivity index (χ0) is 16.4. The summed E-state index contributed by atoms with van der Waals surface area (Å²) in [6, 6.07) is 6.89. The van der Waals surface area contributed by atoms with E-state index in [1.54, 1.807) is 6.92 Å². The Kier molecular flexibility index (Phi) is 5.02. The first kappa shape index (κ1) is 17.1. The summed E-state index contributed by atoms with van der Waals surface area (Å²) < 4.78 is 22.4. The standard InChI is InChI=1S/C15H21ClN2O3S/c1-11(9-22(2,20)21)18-14(19)17-10-15(7-8-15)12-5-3-4-6-13(12)16/h3-6,11H,7-10H2,1-2H3,(H2,17,18,19)/t11-/m1/s1. The van der Waals surface area contributed by atoms with Crippen molar-refractivity contribution < 1.29 is 13.2 Å². The number of rotatable bonds is 6. The first-order valence-corrected chi connectivity index (χ1v) is 9.63. The van der Waals surface area contributed by atoms with Crippen molar-refractivity contribution in [1.29, 1.82) is 0 Å². The van der Waals surface area contributed by atoms with E-state index in [9.17, 15) is 13.2 Å². The zero-order valence-electron chi connectivity index (χ0n) is 12.7. The van der Waals surface area contributed by atoms with E-state index in [2.05, 4.69) is 10.6 Å². The van der Waals surface area contributed by atoms with Crippen LogP contribution in [-0.2, 0) is 15.3 Å². The van der Waals surface area contributed by atoms with Gasteiger partial charge >= 0.3 is 6.03 Å². The molecule has 1 fully saturated rings. The Balaban J connectivity index is 1.88. The molecule has 0 radical (unpaired) electrons. The highest BCUT2D eigenvalue weighted by Crippen LogP contribution is 2.49. The summed E-state index contributed by atoms with van der Waals surface area (Å²) in [5, 5.41) is 6.18. The molecule has 22 heavy (non-hydrogen) atoms. The van der Waals surface area contributed by atoms with E-state index in [0.29, 0.717) is 11.6 Å². The second-order valence-electron chi connectivity index (χ2n) is 6.08. The third kappa shape index (κ3) is 4.61. The van der Waals surface area contributed by atoms with Gasteiger partial charge in [0.25, 0.3) is 0 Å². The van der Waals surface area contributed by atoms with E-state index in [0.717, 1.165) is 24.7 Å². The largest absolute Gasteiger partial charge is 0.337 e. The van der Waals surface area contributed by atoms with Crippen molar-refractivity contribution in [2.45, 2.75) is 31.2 Å². The van der Waals surface area contributed by atoms with Gasteiger partial charge < -0.3 is 10.6 Å². The summed E-state index contributed by atoms with van der Waals surface area (Å²) >= 11 is 6.23. The van der Waals surface area contributed by atoms with Gasteiger partial charge in [-0.25, -0.2) is 13.2 Å². The van der Waals surface area contributed by atoms with E-state index in [-0.39, 0.29) is 17.2 Å². The fraction of sp³-hybridized carbons (Fsp3) is 0.533. The SMILES string of the molecule is C[C@H](CS(C)(=O)=O)NC(=O)NCC1(c2ccccc2Cl)CC1. The normalized spacial score (nSPS) is 17.6. The van der Waals surface area contributed by atoms with Gasteiger partial charge in [0.2, 0.25) is 0 Å². The van der Waals surface area contributed by atoms with Crippen LogP contribution in [0.1, 0.15) is 25.3 Å². The number of sulfone groups is 1. The zero-order valence-corrected chi connectivity index (χ0v) is 14.3. The lowest BCUT2D eigenvalue weighted by atomic mass is 9.96. The van der Waals surface area contributed by atoms with Crippen LogP contribution in [0.3, 0.4) is 0 Å². The summed E-state index contributed by atoms with van der Waals surface area (Å²) in [6.45, 7) is 2.16. The third-order valence-corrected chi connectivity index (χ3v) is 5.25. The number of halogens is 1. The third-order valence-electron chi connectivity index (χ3n) is 3.82. The Morgan fingerprint density at radius 3 is 2.55 bits per heavy atom. The quantitative estimate of drug-likeness (QED) is 0.829. The van der Waals surface area contributed by atoms with Crippen molar-refractivity contribution in [2.24, 2.45) is 0 Å². The number of nitrogens with one attached hydrogen (secondary N) is 2. The minimum absolute atomic E-state index is 0.0733. The average Bonchev–Trinajstić information content (AvgIpc) is 3.15. The summed E-state index contributed by atoms with van der Waals surface area (Å²) in [7, 11) is -3.11. The van der Waals surface area contributed by atoms with Gasteiger partial charge in [0.1, 0.15) is 9.84 Å². The maximum absolute atomic E-state index is 11.9. The van der Waals surface area contributed by atoms with Crippen molar-refractivity contribution in [2.75, 3.05) is 18.6 Å². The molecular formula is C15H21ClN2O3S. The molecule has 2 rings (SSSR count). The van der Waals surface area contributed by atoms with Gasteiger partial charge in [0.15, 0.2) is 0 Å². The molecule has 0 aliphatic heterocycles. The van der Waals surface area contributed by atoms with E-state index in [1.807, 2.05) is 24.3 Å². The van der Waals surface area contributed by atoms with Crippen LogP contribution in [0.2, 0.25) is 5.02 Å². The molecule has 0 aromatic heterocycles. The highest BCUT2D eigenvalue weighted by molar-refractivity contribution is 7.90. The number of benzene rings is 1. The molecule has 1 aromatic carbocycles. The Labute approximate surface area is 136 Å². The van der Waals surface area contributed by atoms with Gasteiger partial charge in [-0.15, -0.1) is 0 Å². The first-order valence-electron chi connectivity index (χ1n) is 7.19. The molecule has 0 saturated heterocycles. The van der Waals surface area contributed by atoms with E-state index >= 15 is 0 Å². The van der Waals surface area contributed by atoms with Crippen molar-refractivity contribution in [3.63, 3.8) is 0 Å². The molecule has 2 amide bonds. The molecular weight excluding hydrogens is 324 g/mol. The van der Waals surface area contributed by atoms with Gasteiger partial charge in [-0.1, -0.05) is 29.8 Å². The van der Waals surface area contributed by atoms with Crippen LogP contribution < -0.4 is 10.6 Å².